The standard InChI is InChI=1S/C21H15NO3S/c23-20(24)13-15(21-22-17-8-4-5-9-18(17)25-21)12-16-10-11-19(26-16)14-6-2-1-3-7-14/h1-12H,13H2,(H,23,24). The molecule has 4 nitrogen and oxygen atoms in total. The summed E-state index contributed by atoms with van der Waals surface area (Å²) in [6, 6.07) is 21.5. The number of oxazole rings is 1. The van der Waals surface area contributed by atoms with Gasteiger partial charge in [-0.15, -0.1) is 11.3 Å². The second-order valence-corrected chi connectivity index (χ2v) is 6.91. The van der Waals surface area contributed by atoms with Crippen molar-refractivity contribution in [2.45, 2.75) is 6.42 Å². The molecule has 0 unspecified atom stereocenters. The molecule has 0 aliphatic carbocycles. The summed E-state index contributed by atoms with van der Waals surface area (Å²) < 4.78 is 5.76. The molecular formula is C21H15NO3S. The van der Waals surface area contributed by atoms with Crippen LogP contribution < -0.4 is 0 Å². The van der Waals surface area contributed by atoms with Crippen molar-refractivity contribution in [3.05, 3.63) is 77.5 Å². The number of carboxylic acids is 1. The number of thiophene rings is 1. The van der Waals surface area contributed by atoms with Gasteiger partial charge in [-0.1, -0.05) is 42.5 Å². The van der Waals surface area contributed by atoms with Crippen molar-refractivity contribution in [2.75, 3.05) is 0 Å². The first-order valence-electron chi connectivity index (χ1n) is 8.12. The highest BCUT2D eigenvalue weighted by atomic mass is 32.1. The van der Waals surface area contributed by atoms with Gasteiger partial charge in [0.2, 0.25) is 5.89 Å². The van der Waals surface area contributed by atoms with E-state index in [1.165, 1.54) is 0 Å². The third kappa shape index (κ3) is 3.43. The average Bonchev–Trinajstić information content (AvgIpc) is 3.28. The van der Waals surface area contributed by atoms with Gasteiger partial charge in [0.05, 0.1) is 6.42 Å². The highest BCUT2D eigenvalue weighted by molar-refractivity contribution is 7.16. The van der Waals surface area contributed by atoms with E-state index in [1.54, 1.807) is 11.3 Å². The monoisotopic (exact) mass is 361 g/mol. The molecule has 0 radical (unpaired) electrons. The summed E-state index contributed by atoms with van der Waals surface area (Å²) >= 11 is 1.60. The van der Waals surface area contributed by atoms with Gasteiger partial charge in [-0.05, 0) is 35.9 Å². The number of carboxylic acid groups (broad SMARTS) is 1. The number of hydrogen-bond donors (Lipinski definition) is 1. The molecule has 2 aromatic carbocycles. The molecule has 5 heteroatoms. The SMILES string of the molecule is O=C(O)CC(=Cc1ccc(-c2ccccc2)s1)c1nc2ccccc2o1. The molecular weight excluding hydrogens is 346 g/mol. The fourth-order valence-electron chi connectivity index (χ4n) is 2.72. The van der Waals surface area contributed by atoms with Crippen LogP contribution in [0, 0.1) is 0 Å². The van der Waals surface area contributed by atoms with E-state index >= 15 is 0 Å². The Kier molecular flexibility index (Phi) is 4.37. The molecule has 0 atom stereocenters. The Morgan fingerprint density at radius 2 is 1.81 bits per heavy atom. The number of aliphatic carboxylic acids is 1. The number of para-hydroxylation sites is 2. The maximum Gasteiger partial charge on any atom is 0.308 e. The lowest BCUT2D eigenvalue weighted by Gasteiger charge is -1.99. The molecule has 0 saturated carbocycles. The van der Waals surface area contributed by atoms with Gasteiger partial charge in [-0.3, -0.25) is 4.79 Å². The van der Waals surface area contributed by atoms with Crippen LogP contribution in [0.2, 0.25) is 0 Å². The van der Waals surface area contributed by atoms with Gasteiger partial charge in [-0.25, -0.2) is 4.98 Å². The van der Waals surface area contributed by atoms with E-state index in [0.717, 1.165) is 20.8 Å². The van der Waals surface area contributed by atoms with Crippen molar-refractivity contribution in [3.8, 4) is 10.4 Å². The molecule has 2 heterocycles. The highest BCUT2D eigenvalue weighted by Gasteiger charge is 2.15. The van der Waals surface area contributed by atoms with Crippen LogP contribution in [0.25, 0.3) is 33.2 Å². The molecule has 2 aromatic heterocycles. The molecule has 0 spiro atoms. The van der Waals surface area contributed by atoms with Crippen LogP contribution in [0.3, 0.4) is 0 Å². The minimum Gasteiger partial charge on any atom is -0.481 e. The Morgan fingerprint density at radius 3 is 2.58 bits per heavy atom. The van der Waals surface area contributed by atoms with Crippen molar-refractivity contribution in [1.82, 2.24) is 4.98 Å². The Hall–Kier alpha value is -3.18. The lowest BCUT2D eigenvalue weighted by molar-refractivity contribution is -0.135. The van der Waals surface area contributed by atoms with Crippen LogP contribution in [0.15, 0.2) is 71.1 Å². The predicted molar refractivity (Wildman–Crippen MR) is 104 cm³/mol. The van der Waals surface area contributed by atoms with E-state index in [0.29, 0.717) is 17.0 Å². The second-order valence-electron chi connectivity index (χ2n) is 5.79. The number of benzene rings is 2. The van der Waals surface area contributed by atoms with Gasteiger partial charge < -0.3 is 9.52 Å². The summed E-state index contributed by atoms with van der Waals surface area (Å²) in [5.74, 6) is -0.568. The minimum atomic E-state index is -0.918. The van der Waals surface area contributed by atoms with Crippen molar-refractivity contribution >= 4 is 40.1 Å². The van der Waals surface area contributed by atoms with Crippen LogP contribution in [0.4, 0.5) is 0 Å². The number of aromatic nitrogens is 1. The van der Waals surface area contributed by atoms with E-state index in [9.17, 15) is 9.90 Å². The minimum absolute atomic E-state index is 0.147. The molecule has 1 N–H and O–H groups in total. The number of hydrogen-bond acceptors (Lipinski definition) is 4. The predicted octanol–water partition coefficient (Wildman–Crippen LogP) is 5.57. The molecule has 26 heavy (non-hydrogen) atoms. The summed E-state index contributed by atoms with van der Waals surface area (Å²) in [7, 11) is 0. The molecule has 128 valence electrons. The number of carbonyl (C=O) groups is 1. The molecule has 0 amide bonds. The van der Waals surface area contributed by atoms with Crippen LogP contribution in [-0.4, -0.2) is 16.1 Å². The van der Waals surface area contributed by atoms with E-state index < -0.39 is 5.97 Å². The molecule has 0 saturated heterocycles. The Morgan fingerprint density at radius 1 is 1.04 bits per heavy atom. The van der Waals surface area contributed by atoms with Crippen LogP contribution in [0.1, 0.15) is 17.2 Å². The second kappa shape index (κ2) is 6.98. The summed E-state index contributed by atoms with van der Waals surface area (Å²) in [5, 5.41) is 9.27. The van der Waals surface area contributed by atoms with Crippen molar-refractivity contribution in [2.24, 2.45) is 0 Å². The van der Waals surface area contributed by atoms with Gasteiger partial charge in [0.1, 0.15) is 5.52 Å². The Bertz CT molecular complexity index is 1060. The summed E-state index contributed by atoms with van der Waals surface area (Å²) in [5.41, 5.74) is 3.05. The Labute approximate surface area is 154 Å². The maximum absolute atomic E-state index is 11.3. The fraction of sp³-hybridized carbons (Fsp3) is 0.0476. The summed E-state index contributed by atoms with van der Waals surface area (Å²) in [4.78, 5) is 17.8. The van der Waals surface area contributed by atoms with Crippen LogP contribution >= 0.6 is 11.3 Å². The first-order chi connectivity index (χ1) is 12.7. The third-order valence-corrected chi connectivity index (χ3v) is 4.99. The van der Waals surface area contributed by atoms with Crippen molar-refractivity contribution in [1.29, 1.82) is 0 Å². The van der Waals surface area contributed by atoms with Gasteiger partial charge in [0.15, 0.2) is 5.58 Å². The molecule has 0 fully saturated rings. The zero-order valence-electron chi connectivity index (χ0n) is 13.8. The number of rotatable bonds is 5. The lowest BCUT2D eigenvalue weighted by Crippen LogP contribution is -1.97. The smallest absolute Gasteiger partial charge is 0.308 e. The third-order valence-electron chi connectivity index (χ3n) is 3.91. The summed E-state index contributed by atoms with van der Waals surface area (Å²) in [6.07, 6.45) is 1.70. The summed E-state index contributed by atoms with van der Waals surface area (Å²) in [6.45, 7) is 0. The average molecular weight is 361 g/mol. The van der Waals surface area contributed by atoms with Gasteiger partial charge in [0.25, 0.3) is 0 Å². The van der Waals surface area contributed by atoms with E-state index in [1.807, 2.05) is 60.7 Å². The van der Waals surface area contributed by atoms with E-state index in [-0.39, 0.29) is 6.42 Å². The van der Waals surface area contributed by atoms with E-state index in [2.05, 4.69) is 17.1 Å². The van der Waals surface area contributed by atoms with Crippen molar-refractivity contribution < 1.29 is 14.3 Å². The van der Waals surface area contributed by atoms with Crippen LogP contribution in [0.5, 0.6) is 0 Å². The zero-order valence-corrected chi connectivity index (χ0v) is 14.6. The molecule has 0 aliphatic heterocycles. The largest absolute Gasteiger partial charge is 0.481 e. The topological polar surface area (TPSA) is 63.3 Å². The molecule has 0 aliphatic rings. The first-order valence-corrected chi connectivity index (χ1v) is 8.94. The Balaban J connectivity index is 1.72. The number of nitrogens with zero attached hydrogens (tertiary/aromatic N) is 1. The lowest BCUT2D eigenvalue weighted by atomic mass is 10.1. The van der Waals surface area contributed by atoms with Crippen LogP contribution in [-0.2, 0) is 4.79 Å². The highest BCUT2D eigenvalue weighted by Crippen LogP contribution is 2.32. The number of fused-ring (bicyclic) bond motifs is 1. The normalized spacial score (nSPS) is 11.8. The molecule has 0 bridgehead atoms. The van der Waals surface area contributed by atoms with Gasteiger partial charge >= 0.3 is 5.97 Å². The van der Waals surface area contributed by atoms with Gasteiger partial charge in [-0.2, -0.15) is 0 Å². The zero-order chi connectivity index (χ0) is 17.9. The quantitative estimate of drug-likeness (QED) is 0.504. The maximum atomic E-state index is 11.3. The fourth-order valence-corrected chi connectivity index (χ4v) is 3.70. The first kappa shape index (κ1) is 16.3. The molecule has 4 rings (SSSR count). The van der Waals surface area contributed by atoms with E-state index in [4.69, 9.17) is 4.42 Å². The van der Waals surface area contributed by atoms with Gasteiger partial charge in [0, 0.05) is 15.3 Å². The molecule has 4 aromatic rings. The van der Waals surface area contributed by atoms with Crippen molar-refractivity contribution in [3.63, 3.8) is 0 Å².